The highest BCUT2D eigenvalue weighted by Crippen LogP contribution is 2.45. The molecule has 2 rings (SSSR count). The Labute approximate surface area is 110 Å². The second-order valence-electron chi connectivity index (χ2n) is 4.95. The van der Waals surface area contributed by atoms with Crippen LogP contribution in [0.2, 0.25) is 0 Å². The fraction of sp³-hybridized carbons (Fsp3) is 1.00. The van der Waals surface area contributed by atoms with Crippen LogP contribution in [-0.4, -0.2) is 45.2 Å². The summed E-state index contributed by atoms with van der Waals surface area (Å²) in [5.74, 6) is -2.11. The lowest BCUT2D eigenvalue weighted by Gasteiger charge is -2.36. The number of hydrogen-bond acceptors (Lipinski definition) is 4. The van der Waals surface area contributed by atoms with E-state index >= 15 is 0 Å². The van der Waals surface area contributed by atoms with Crippen molar-refractivity contribution in [2.75, 3.05) is 26.9 Å². The highest BCUT2D eigenvalue weighted by molar-refractivity contribution is 4.85. The summed E-state index contributed by atoms with van der Waals surface area (Å²) >= 11 is 0. The van der Waals surface area contributed by atoms with Crippen molar-refractivity contribution in [1.82, 2.24) is 0 Å². The van der Waals surface area contributed by atoms with Gasteiger partial charge in [-0.1, -0.05) is 0 Å². The Morgan fingerprint density at radius 3 is 2.47 bits per heavy atom. The summed E-state index contributed by atoms with van der Waals surface area (Å²) in [6.45, 7) is 1.09. The molecule has 0 aromatic rings. The van der Waals surface area contributed by atoms with Crippen LogP contribution < -0.4 is 0 Å². The van der Waals surface area contributed by atoms with E-state index in [-0.39, 0.29) is 32.3 Å². The molecule has 1 heterocycles. The zero-order valence-electron chi connectivity index (χ0n) is 10.9. The van der Waals surface area contributed by atoms with Crippen molar-refractivity contribution in [2.24, 2.45) is 5.92 Å². The standard InChI is InChI=1S/C12H19F3O4/c1-16-6-7-17-10-8-18-11(19-10)4-2-9(3-5-11)12(13,14)15/h9-10H,2-8H2,1H3. The first-order valence-corrected chi connectivity index (χ1v) is 6.44. The summed E-state index contributed by atoms with van der Waals surface area (Å²) in [4.78, 5) is 0. The van der Waals surface area contributed by atoms with Gasteiger partial charge >= 0.3 is 6.18 Å². The molecule has 1 aliphatic heterocycles. The van der Waals surface area contributed by atoms with Crippen LogP contribution in [0.5, 0.6) is 0 Å². The lowest BCUT2D eigenvalue weighted by Crippen LogP contribution is -2.39. The van der Waals surface area contributed by atoms with E-state index in [1.165, 1.54) is 0 Å². The van der Waals surface area contributed by atoms with Gasteiger partial charge < -0.3 is 18.9 Å². The molecule has 4 nitrogen and oxygen atoms in total. The van der Waals surface area contributed by atoms with Gasteiger partial charge in [0.2, 0.25) is 0 Å². The predicted molar refractivity (Wildman–Crippen MR) is 59.4 cm³/mol. The number of methoxy groups -OCH3 is 1. The SMILES string of the molecule is COCCOC1COC2(CCC(C(F)(F)F)CC2)O1. The largest absolute Gasteiger partial charge is 0.391 e. The molecule has 1 spiro atoms. The Kier molecular flexibility index (Phi) is 4.70. The Bertz CT molecular complexity index is 287. The van der Waals surface area contributed by atoms with Gasteiger partial charge in [-0.05, 0) is 12.8 Å². The van der Waals surface area contributed by atoms with Crippen LogP contribution in [0.4, 0.5) is 13.2 Å². The van der Waals surface area contributed by atoms with E-state index in [2.05, 4.69) is 0 Å². The average Bonchev–Trinajstić information content (AvgIpc) is 2.72. The third-order valence-corrected chi connectivity index (χ3v) is 3.63. The molecule has 0 amide bonds. The zero-order valence-corrected chi connectivity index (χ0v) is 10.9. The summed E-state index contributed by atoms with van der Waals surface area (Å²) in [5, 5.41) is 0. The average molecular weight is 284 g/mol. The second kappa shape index (κ2) is 5.95. The van der Waals surface area contributed by atoms with Gasteiger partial charge in [0.05, 0.1) is 19.1 Å². The van der Waals surface area contributed by atoms with Crippen LogP contribution in [0.3, 0.4) is 0 Å². The van der Waals surface area contributed by atoms with Crippen molar-refractivity contribution in [3.05, 3.63) is 0 Å². The molecule has 0 bridgehead atoms. The molecule has 1 atom stereocenters. The van der Waals surface area contributed by atoms with Crippen LogP contribution in [0.1, 0.15) is 25.7 Å². The highest BCUT2D eigenvalue weighted by atomic mass is 19.4. The third-order valence-electron chi connectivity index (χ3n) is 3.63. The maximum absolute atomic E-state index is 12.6. The van der Waals surface area contributed by atoms with Crippen molar-refractivity contribution in [3.8, 4) is 0 Å². The van der Waals surface area contributed by atoms with Gasteiger partial charge in [0.15, 0.2) is 12.1 Å². The van der Waals surface area contributed by atoms with Gasteiger partial charge in [0.25, 0.3) is 0 Å². The summed E-state index contributed by atoms with van der Waals surface area (Å²) in [6, 6.07) is 0. The Balaban J connectivity index is 1.77. The summed E-state index contributed by atoms with van der Waals surface area (Å²) in [5.41, 5.74) is 0. The Morgan fingerprint density at radius 1 is 1.21 bits per heavy atom. The van der Waals surface area contributed by atoms with Gasteiger partial charge in [-0.15, -0.1) is 0 Å². The Morgan fingerprint density at radius 2 is 1.89 bits per heavy atom. The van der Waals surface area contributed by atoms with Crippen LogP contribution in [0.25, 0.3) is 0 Å². The maximum Gasteiger partial charge on any atom is 0.391 e. The van der Waals surface area contributed by atoms with E-state index in [1.54, 1.807) is 7.11 Å². The van der Waals surface area contributed by atoms with E-state index < -0.39 is 24.2 Å². The van der Waals surface area contributed by atoms with Crippen LogP contribution >= 0.6 is 0 Å². The molecule has 1 saturated carbocycles. The molecule has 1 unspecified atom stereocenters. The van der Waals surface area contributed by atoms with Gasteiger partial charge in [-0.3, -0.25) is 0 Å². The minimum absolute atomic E-state index is 0.0499. The molecule has 2 fully saturated rings. The quantitative estimate of drug-likeness (QED) is 0.743. The molecule has 7 heteroatoms. The van der Waals surface area contributed by atoms with Crippen LogP contribution in [-0.2, 0) is 18.9 Å². The normalized spacial score (nSPS) is 36.0. The van der Waals surface area contributed by atoms with Crippen molar-refractivity contribution < 1.29 is 32.1 Å². The van der Waals surface area contributed by atoms with Gasteiger partial charge in [-0.2, -0.15) is 13.2 Å². The van der Waals surface area contributed by atoms with Crippen molar-refractivity contribution in [2.45, 2.75) is 43.9 Å². The first-order valence-electron chi connectivity index (χ1n) is 6.44. The van der Waals surface area contributed by atoms with Gasteiger partial charge in [0.1, 0.15) is 6.61 Å². The van der Waals surface area contributed by atoms with Gasteiger partial charge in [-0.25, -0.2) is 0 Å². The molecule has 1 saturated heterocycles. The minimum atomic E-state index is -4.12. The molecule has 2 aliphatic rings. The fourth-order valence-electron chi connectivity index (χ4n) is 2.52. The van der Waals surface area contributed by atoms with Crippen LogP contribution in [0, 0.1) is 5.92 Å². The van der Waals surface area contributed by atoms with E-state index in [1.807, 2.05) is 0 Å². The summed E-state index contributed by atoms with van der Waals surface area (Å²) < 4.78 is 59.1. The number of rotatable bonds is 4. The lowest BCUT2D eigenvalue weighted by molar-refractivity contribution is -0.250. The predicted octanol–water partition coefficient (Wildman–Crippen LogP) is 2.47. The highest BCUT2D eigenvalue weighted by Gasteiger charge is 2.50. The van der Waals surface area contributed by atoms with Crippen molar-refractivity contribution in [1.29, 1.82) is 0 Å². The molecule has 0 radical (unpaired) electrons. The minimum Gasteiger partial charge on any atom is -0.382 e. The molecule has 0 aromatic carbocycles. The first-order chi connectivity index (χ1) is 8.95. The van der Waals surface area contributed by atoms with E-state index in [0.29, 0.717) is 13.2 Å². The van der Waals surface area contributed by atoms with Crippen molar-refractivity contribution >= 4 is 0 Å². The maximum atomic E-state index is 12.6. The summed E-state index contributed by atoms with van der Waals surface area (Å²) in [6.07, 6.45) is -3.99. The van der Waals surface area contributed by atoms with E-state index in [4.69, 9.17) is 18.9 Å². The lowest BCUT2D eigenvalue weighted by atomic mass is 9.85. The molecule has 0 aromatic heterocycles. The third kappa shape index (κ3) is 3.81. The molecule has 0 N–H and O–H groups in total. The Hall–Kier alpha value is -0.370. The smallest absolute Gasteiger partial charge is 0.382 e. The van der Waals surface area contributed by atoms with Crippen molar-refractivity contribution in [3.63, 3.8) is 0 Å². The molecule has 19 heavy (non-hydrogen) atoms. The van der Waals surface area contributed by atoms with E-state index in [9.17, 15) is 13.2 Å². The zero-order chi connectivity index (χ0) is 13.9. The van der Waals surface area contributed by atoms with E-state index in [0.717, 1.165) is 0 Å². The number of alkyl halides is 3. The fourth-order valence-corrected chi connectivity index (χ4v) is 2.52. The number of hydrogen-bond donors (Lipinski definition) is 0. The number of halogens is 3. The summed E-state index contributed by atoms with van der Waals surface area (Å²) in [7, 11) is 1.56. The topological polar surface area (TPSA) is 36.9 Å². The number of ether oxygens (including phenoxy) is 4. The molecule has 1 aliphatic carbocycles. The molecule has 112 valence electrons. The second-order valence-corrected chi connectivity index (χ2v) is 4.95. The monoisotopic (exact) mass is 284 g/mol. The van der Waals surface area contributed by atoms with Gasteiger partial charge in [0, 0.05) is 20.0 Å². The first kappa shape index (κ1) is 15.0. The molecular weight excluding hydrogens is 265 g/mol. The van der Waals surface area contributed by atoms with Crippen LogP contribution in [0.15, 0.2) is 0 Å². The molecular formula is C12H19F3O4.